The minimum atomic E-state index is -0.115. The molecule has 0 saturated carbocycles. The standard InChI is InChI=1S/C17H28N2O/c1-11(2)7-8-15(6)18-17(20)19-16-13(4)9-12(3)10-14(16)5/h9-11,15H,7-8H2,1-6H3,(H2,18,19,20). The summed E-state index contributed by atoms with van der Waals surface area (Å²) in [7, 11) is 0. The molecule has 2 N–H and O–H groups in total. The van der Waals surface area contributed by atoms with E-state index in [1.165, 1.54) is 5.56 Å². The molecular weight excluding hydrogens is 248 g/mol. The molecule has 1 atom stereocenters. The predicted octanol–water partition coefficient (Wildman–Crippen LogP) is 4.56. The molecule has 0 spiro atoms. The minimum Gasteiger partial charge on any atom is -0.335 e. The lowest BCUT2D eigenvalue weighted by atomic mass is 10.0. The molecule has 0 aliphatic carbocycles. The fourth-order valence-electron chi connectivity index (χ4n) is 2.41. The fraction of sp³-hybridized carbons (Fsp3) is 0.588. The van der Waals surface area contributed by atoms with Gasteiger partial charge in [0.05, 0.1) is 0 Å². The molecule has 3 nitrogen and oxygen atoms in total. The molecular formula is C17H28N2O. The molecule has 0 fully saturated rings. The molecule has 1 rings (SSSR count). The number of amides is 2. The summed E-state index contributed by atoms with van der Waals surface area (Å²) in [6.07, 6.45) is 2.14. The van der Waals surface area contributed by atoms with Gasteiger partial charge in [0.1, 0.15) is 0 Å². The van der Waals surface area contributed by atoms with Gasteiger partial charge in [-0.25, -0.2) is 4.79 Å². The van der Waals surface area contributed by atoms with Gasteiger partial charge in [-0.1, -0.05) is 31.5 Å². The van der Waals surface area contributed by atoms with Crippen molar-refractivity contribution in [2.75, 3.05) is 5.32 Å². The number of aryl methyl sites for hydroxylation is 3. The predicted molar refractivity (Wildman–Crippen MR) is 86.3 cm³/mol. The summed E-state index contributed by atoms with van der Waals surface area (Å²) in [5.74, 6) is 0.670. The molecule has 3 heteroatoms. The molecule has 0 heterocycles. The highest BCUT2D eigenvalue weighted by Crippen LogP contribution is 2.21. The second kappa shape index (κ2) is 7.32. The summed E-state index contributed by atoms with van der Waals surface area (Å²) in [6, 6.07) is 4.26. The Morgan fingerprint density at radius 2 is 1.60 bits per heavy atom. The fourth-order valence-corrected chi connectivity index (χ4v) is 2.41. The second-order valence-electron chi connectivity index (χ2n) is 6.24. The van der Waals surface area contributed by atoms with Crippen molar-refractivity contribution in [3.63, 3.8) is 0 Å². The summed E-state index contributed by atoms with van der Waals surface area (Å²) in [5, 5.41) is 5.98. The molecule has 20 heavy (non-hydrogen) atoms. The monoisotopic (exact) mass is 276 g/mol. The Labute approximate surface area is 123 Å². The summed E-state index contributed by atoms with van der Waals surface area (Å²) >= 11 is 0. The third-order valence-corrected chi connectivity index (χ3v) is 3.47. The van der Waals surface area contributed by atoms with Gasteiger partial charge in [0.2, 0.25) is 0 Å². The lowest BCUT2D eigenvalue weighted by Crippen LogP contribution is -2.36. The normalized spacial score (nSPS) is 12.3. The topological polar surface area (TPSA) is 41.1 Å². The zero-order chi connectivity index (χ0) is 15.3. The maximum Gasteiger partial charge on any atom is 0.319 e. The number of nitrogens with one attached hydrogen (secondary N) is 2. The van der Waals surface area contributed by atoms with Crippen LogP contribution in [0.4, 0.5) is 10.5 Å². The largest absolute Gasteiger partial charge is 0.335 e. The van der Waals surface area contributed by atoms with Crippen LogP contribution in [0.25, 0.3) is 0 Å². The van der Waals surface area contributed by atoms with Crippen LogP contribution in [-0.4, -0.2) is 12.1 Å². The van der Waals surface area contributed by atoms with E-state index in [4.69, 9.17) is 0 Å². The molecule has 0 aromatic heterocycles. The first kappa shape index (κ1) is 16.5. The number of hydrogen-bond acceptors (Lipinski definition) is 1. The summed E-state index contributed by atoms with van der Waals surface area (Å²) in [4.78, 5) is 12.0. The van der Waals surface area contributed by atoms with Crippen molar-refractivity contribution in [2.45, 2.75) is 60.4 Å². The van der Waals surface area contributed by atoms with Crippen molar-refractivity contribution in [2.24, 2.45) is 5.92 Å². The Kier molecular flexibility index (Phi) is 6.05. The van der Waals surface area contributed by atoms with E-state index in [-0.39, 0.29) is 12.1 Å². The van der Waals surface area contributed by atoms with Crippen molar-refractivity contribution >= 4 is 11.7 Å². The summed E-state index contributed by atoms with van der Waals surface area (Å²) in [6.45, 7) is 12.6. The summed E-state index contributed by atoms with van der Waals surface area (Å²) in [5.41, 5.74) is 4.35. The van der Waals surface area contributed by atoms with Crippen LogP contribution >= 0.6 is 0 Å². The smallest absolute Gasteiger partial charge is 0.319 e. The van der Waals surface area contributed by atoms with E-state index in [0.717, 1.165) is 29.7 Å². The molecule has 112 valence electrons. The third kappa shape index (κ3) is 5.24. The van der Waals surface area contributed by atoms with Crippen LogP contribution in [0.15, 0.2) is 12.1 Å². The molecule has 0 radical (unpaired) electrons. The second-order valence-corrected chi connectivity index (χ2v) is 6.24. The Morgan fingerprint density at radius 3 is 2.10 bits per heavy atom. The molecule has 1 aromatic carbocycles. The Hall–Kier alpha value is -1.51. The van der Waals surface area contributed by atoms with Gasteiger partial charge in [-0.15, -0.1) is 0 Å². The van der Waals surface area contributed by atoms with Crippen LogP contribution in [0.5, 0.6) is 0 Å². The average molecular weight is 276 g/mol. The van der Waals surface area contributed by atoms with Crippen molar-refractivity contribution < 1.29 is 4.79 Å². The van der Waals surface area contributed by atoms with Gasteiger partial charge < -0.3 is 10.6 Å². The van der Waals surface area contributed by atoms with Gasteiger partial charge in [0, 0.05) is 11.7 Å². The van der Waals surface area contributed by atoms with Crippen LogP contribution < -0.4 is 10.6 Å². The lowest BCUT2D eigenvalue weighted by Gasteiger charge is -2.18. The maximum atomic E-state index is 12.0. The third-order valence-electron chi connectivity index (χ3n) is 3.47. The number of urea groups is 1. The molecule has 0 saturated heterocycles. The van der Waals surface area contributed by atoms with Crippen LogP contribution in [0, 0.1) is 26.7 Å². The van der Waals surface area contributed by atoms with Crippen LogP contribution in [0.2, 0.25) is 0 Å². The number of carbonyl (C=O) groups is 1. The van der Waals surface area contributed by atoms with Crippen LogP contribution in [0.1, 0.15) is 50.3 Å². The van der Waals surface area contributed by atoms with E-state index < -0.39 is 0 Å². The summed E-state index contributed by atoms with van der Waals surface area (Å²) < 4.78 is 0. The van der Waals surface area contributed by atoms with E-state index in [1.807, 2.05) is 13.8 Å². The average Bonchev–Trinajstić information content (AvgIpc) is 2.31. The van der Waals surface area contributed by atoms with Crippen molar-refractivity contribution in [1.29, 1.82) is 0 Å². The number of hydrogen-bond donors (Lipinski definition) is 2. The van der Waals surface area contributed by atoms with E-state index in [0.29, 0.717) is 5.92 Å². The Balaban J connectivity index is 2.59. The van der Waals surface area contributed by atoms with Crippen molar-refractivity contribution in [3.05, 3.63) is 28.8 Å². The molecule has 2 amide bonds. The van der Waals surface area contributed by atoms with E-state index in [9.17, 15) is 4.79 Å². The Morgan fingerprint density at radius 1 is 1.05 bits per heavy atom. The zero-order valence-corrected chi connectivity index (χ0v) is 13.6. The van der Waals surface area contributed by atoms with Crippen molar-refractivity contribution in [3.8, 4) is 0 Å². The van der Waals surface area contributed by atoms with Gasteiger partial charge in [0.15, 0.2) is 0 Å². The molecule has 0 aliphatic rings. The zero-order valence-electron chi connectivity index (χ0n) is 13.6. The number of benzene rings is 1. The van der Waals surface area contributed by atoms with Gasteiger partial charge in [-0.2, -0.15) is 0 Å². The number of rotatable bonds is 5. The molecule has 0 bridgehead atoms. The highest BCUT2D eigenvalue weighted by atomic mass is 16.2. The van der Waals surface area contributed by atoms with E-state index in [1.54, 1.807) is 0 Å². The first-order valence-corrected chi connectivity index (χ1v) is 7.45. The quantitative estimate of drug-likeness (QED) is 0.813. The molecule has 1 unspecified atom stereocenters. The van der Waals surface area contributed by atoms with E-state index >= 15 is 0 Å². The van der Waals surface area contributed by atoms with Gasteiger partial charge in [-0.3, -0.25) is 0 Å². The number of anilines is 1. The van der Waals surface area contributed by atoms with Gasteiger partial charge in [0.25, 0.3) is 0 Å². The van der Waals surface area contributed by atoms with Crippen molar-refractivity contribution in [1.82, 2.24) is 5.32 Å². The highest BCUT2D eigenvalue weighted by molar-refractivity contribution is 5.91. The first-order valence-electron chi connectivity index (χ1n) is 7.45. The van der Waals surface area contributed by atoms with Crippen LogP contribution in [-0.2, 0) is 0 Å². The van der Waals surface area contributed by atoms with E-state index in [2.05, 4.69) is 50.5 Å². The van der Waals surface area contributed by atoms with Gasteiger partial charge >= 0.3 is 6.03 Å². The highest BCUT2D eigenvalue weighted by Gasteiger charge is 2.11. The lowest BCUT2D eigenvalue weighted by molar-refractivity contribution is 0.248. The maximum absolute atomic E-state index is 12.0. The molecule has 1 aromatic rings. The number of carbonyl (C=O) groups excluding carboxylic acids is 1. The molecule has 0 aliphatic heterocycles. The Bertz CT molecular complexity index is 443. The van der Waals surface area contributed by atoms with Crippen LogP contribution in [0.3, 0.4) is 0 Å². The SMILES string of the molecule is Cc1cc(C)c(NC(=O)NC(C)CCC(C)C)c(C)c1. The first-order chi connectivity index (χ1) is 9.29. The minimum absolute atomic E-state index is 0.115. The van der Waals surface area contributed by atoms with Gasteiger partial charge in [-0.05, 0) is 57.6 Å².